The van der Waals surface area contributed by atoms with E-state index in [-0.39, 0.29) is 12.4 Å². The zero-order valence-corrected chi connectivity index (χ0v) is 15.5. The molecule has 0 saturated heterocycles. The van der Waals surface area contributed by atoms with E-state index >= 15 is 0 Å². The molecule has 0 radical (unpaired) electrons. The van der Waals surface area contributed by atoms with E-state index in [1.54, 1.807) is 12.3 Å². The molecular formula is C20H28FN3O3. The maximum Gasteiger partial charge on any atom is 0.123 e. The fourth-order valence-electron chi connectivity index (χ4n) is 3.40. The number of fused-ring (bicyclic) bond motifs is 1. The van der Waals surface area contributed by atoms with E-state index in [0.717, 1.165) is 49.9 Å². The summed E-state index contributed by atoms with van der Waals surface area (Å²) in [6.07, 6.45) is 6.00. The molecule has 1 aromatic heterocycles. The fraction of sp³-hybridized carbons (Fsp3) is 0.550. The van der Waals surface area contributed by atoms with Crippen LogP contribution in [0.1, 0.15) is 36.8 Å². The van der Waals surface area contributed by atoms with Crippen molar-refractivity contribution in [1.82, 2.24) is 15.1 Å². The number of halogens is 1. The summed E-state index contributed by atoms with van der Waals surface area (Å²) < 4.78 is 19.3. The summed E-state index contributed by atoms with van der Waals surface area (Å²) in [5.41, 5.74) is 1.91. The van der Waals surface area contributed by atoms with Crippen LogP contribution in [0, 0.1) is 5.82 Å². The normalized spacial score (nSPS) is 23.2. The van der Waals surface area contributed by atoms with E-state index in [1.807, 2.05) is 6.20 Å². The van der Waals surface area contributed by atoms with Crippen LogP contribution in [0.2, 0.25) is 0 Å². The molecule has 2 heterocycles. The Labute approximate surface area is 159 Å². The van der Waals surface area contributed by atoms with Gasteiger partial charge in [0, 0.05) is 24.8 Å². The predicted molar refractivity (Wildman–Crippen MR) is 99.9 cm³/mol. The molecule has 7 heteroatoms. The SMILES string of the molecule is O[C@@H]1COc2ccc(F)cc2CCCCCN(Cc2cn[nH]c2)CC[C@@H]1O. The lowest BCUT2D eigenvalue weighted by Crippen LogP contribution is -2.36. The smallest absolute Gasteiger partial charge is 0.123 e. The second-order valence-electron chi connectivity index (χ2n) is 7.18. The van der Waals surface area contributed by atoms with Crippen molar-refractivity contribution in [3.8, 4) is 5.75 Å². The third kappa shape index (κ3) is 6.02. The van der Waals surface area contributed by atoms with Gasteiger partial charge in [0.25, 0.3) is 0 Å². The van der Waals surface area contributed by atoms with Crippen LogP contribution in [-0.2, 0) is 13.0 Å². The summed E-state index contributed by atoms with van der Waals surface area (Å²) in [5.74, 6) is 0.298. The number of ether oxygens (including phenoxy) is 1. The Kier molecular flexibility index (Phi) is 7.20. The van der Waals surface area contributed by atoms with Crippen LogP contribution in [0.3, 0.4) is 0 Å². The van der Waals surface area contributed by atoms with E-state index in [1.165, 1.54) is 12.1 Å². The van der Waals surface area contributed by atoms with Crippen molar-refractivity contribution in [3.05, 3.63) is 47.5 Å². The summed E-state index contributed by atoms with van der Waals surface area (Å²) in [6.45, 7) is 2.33. The first-order valence-electron chi connectivity index (χ1n) is 9.59. The van der Waals surface area contributed by atoms with E-state index in [9.17, 15) is 14.6 Å². The molecular weight excluding hydrogens is 349 g/mol. The monoisotopic (exact) mass is 377 g/mol. The van der Waals surface area contributed by atoms with Crippen molar-refractivity contribution in [2.24, 2.45) is 0 Å². The fourth-order valence-corrected chi connectivity index (χ4v) is 3.40. The van der Waals surface area contributed by atoms with Crippen molar-refractivity contribution in [2.75, 3.05) is 19.7 Å². The van der Waals surface area contributed by atoms with Gasteiger partial charge in [0.1, 0.15) is 24.3 Å². The van der Waals surface area contributed by atoms with Crippen LogP contribution in [0.15, 0.2) is 30.6 Å². The van der Waals surface area contributed by atoms with Crippen molar-refractivity contribution in [2.45, 2.75) is 50.9 Å². The number of aromatic amines is 1. The maximum atomic E-state index is 13.6. The highest BCUT2D eigenvalue weighted by Gasteiger charge is 2.20. The number of nitrogens with one attached hydrogen (secondary N) is 1. The summed E-state index contributed by atoms with van der Waals surface area (Å²) in [4.78, 5) is 2.26. The van der Waals surface area contributed by atoms with Crippen LogP contribution in [0.4, 0.5) is 4.39 Å². The van der Waals surface area contributed by atoms with Crippen LogP contribution in [0.5, 0.6) is 5.75 Å². The van der Waals surface area contributed by atoms with Gasteiger partial charge in [-0.05, 0) is 56.0 Å². The number of aryl methyl sites for hydroxylation is 1. The molecule has 27 heavy (non-hydrogen) atoms. The number of aliphatic hydroxyl groups is 2. The molecule has 2 atom stereocenters. The molecule has 2 aromatic rings. The van der Waals surface area contributed by atoms with Gasteiger partial charge in [-0.3, -0.25) is 10.00 Å². The topological polar surface area (TPSA) is 81.6 Å². The molecule has 3 N–H and O–H groups in total. The lowest BCUT2D eigenvalue weighted by molar-refractivity contribution is -0.0163. The zero-order valence-electron chi connectivity index (χ0n) is 15.5. The Balaban J connectivity index is 1.66. The second-order valence-corrected chi connectivity index (χ2v) is 7.18. The number of aliphatic hydroxyl groups excluding tert-OH is 2. The van der Waals surface area contributed by atoms with Gasteiger partial charge < -0.3 is 14.9 Å². The molecule has 1 aliphatic rings. The van der Waals surface area contributed by atoms with Crippen molar-refractivity contribution >= 4 is 0 Å². The van der Waals surface area contributed by atoms with Crippen molar-refractivity contribution in [3.63, 3.8) is 0 Å². The summed E-state index contributed by atoms with van der Waals surface area (Å²) >= 11 is 0. The molecule has 1 aliphatic heterocycles. The van der Waals surface area contributed by atoms with Crippen LogP contribution < -0.4 is 4.74 Å². The number of hydrogen-bond acceptors (Lipinski definition) is 5. The first-order chi connectivity index (χ1) is 13.1. The average Bonchev–Trinajstić information content (AvgIpc) is 3.16. The van der Waals surface area contributed by atoms with E-state index in [4.69, 9.17) is 4.74 Å². The minimum Gasteiger partial charge on any atom is -0.491 e. The Bertz CT molecular complexity index is 696. The Morgan fingerprint density at radius 1 is 1.19 bits per heavy atom. The Morgan fingerprint density at radius 2 is 2.07 bits per heavy atom. The van der Waals surface area contributed by atoms with Gasteiger partial charge in [-0.25, -0.2) is 4.39 Å². The van der Waals surface area contributed by atoms with Crippen LogP contribution in [-0.4, -0.2) is 57.2 Å². The molecule has 6 nitrogen and oxygen atoms in total. The summed E-state index contributed by atoms with van der Waals surface area (Å²) in [6, 6.07) is 4.45. The van der Waals surface area contributed by atoms with Crippen molar-refractivity contribution in [1.29, 1.82) is 0 Å². The molecule has 0 amide bonds. The number of nitrogens with zero attached hydrogens (tertiary/aromatic N) is 2. The van der Waals surface area contributed by atoms with E-state index in [2.05, 4.69) is 15.1 Å². The largest absolute Gasteiger partial charge is 0.491 e. The lowest BCUT2D eigenvalue weighted by Gasteiger charge is -2.25. The molecule has 0 fully saturated rings. The van der Waals surface area contributed by atoms with Gasteiger partial charge in [0.2, 0.25) is 0 Å². The number of benzene rings is 1. The number of H-pyrrole nitrogens is 1. The van der Waals surface area contributed by atoms with E-state index in [0.29, 0.717) is 18.7 Å². The van der Waals surface area contributed by atoms with Gasteiger partial charge in [-0.2, -0.15) is 5.10 Å². The molecule has 3 rings (SSSR count). The molecule has 0 saturated carbocycles. The van der Waals surface area contributed by atoms with Gasteiger partial charge in [0.05, 0.1) is 12.3 Å². The zero-order chi connectivity index (χ0) is 19.1. The van der Waals surface area contributed by atoms with Crippen LogP contribution in [0.25, 0.3) is 0 Å². The van der Waals surface area contributed by atoms with Gasteiger partial charge in [-0.1, -0.05) is 6.42 Å². The Morgan fingerprint density at radius 3 is 2.89 bits per heavy atom. The summed E-state index contributed by atoms with van der Waals surface area (Å²) in [5, 5.41) is 27.3. The van der Waals surface area contributed by atoms with Crippen LogP contribution >= 0.6 is 0 Å². The molecule has 0 spiro atoms. The third-order valence-electron chi connectivity index (χ3n) is 5.00. The standard InChI is InChI=1S/C20H28FN3O3/c21-17-5-6-20-16(10-17)4-2-1-3-8-24(13-15-11-22-23-12-15)9-7-18(25)19(26)14-27-20/h5-6,10-12,18-19,25-26H,1-4,7-9,13-14H2,(H,22,23)/t18-,19+/m0/s1. The molecule has 0 bridgehead atoms. The van der Waals surface area contributed by atoms with E-state index < -0.39 is 12.2 Å². The number of aromatic nitrogens is 2. The highest BCUT2D eigenvalue weighted by atomic mass is 19.1. The van der Waals surface area contributed by atoms with Gasteiger partial charge >= 0.3 is 0 Å². The quantitative estimate of drug-likeness (QED) is 0.748. The molecule has 0 unspecified atom stereocenters. The van der Waals surface area contributed by atoms with Gasteiger partial charge in [0.15, 0.2) is 0 Å². The second kappa shape index (κ2) is 9.82. The highest BCUT2D eigenvalue weighted by Crippen LogP contribution is 2.23. The highest BCUT2D eigenvalue weighted by molar-refractivity contribution is 5.34. The first kappa shape index (κ1) is 19.8. The average molecular weight is 377 g/mol. The molecule has 1 aromatic carbocycles. The Hall–Kier alpha value is -1.96. The predicted octanol–water partition coefficient (Wildman–Crippen LogP) is 2.27. The van der Waals surface area contributed by atoms with Gasteiger partial charge in [-0.15, -0.1) is 0 Å². The minimum absolute atomic E-state index is 0.0124. The molecule has 148 valence electrons. The number of rotatable bonds is 2. The number of hydrogen-bond donors (Lipinski definition) is 3. The summed E-state index contributed by atoms with van der Waals surface area (Å²) in [7, 11) is 0. The third-order valence-corrected chi connectivity index (χ3v) is 5.00. The lowest BCUT2D eigenvalue weighted by atomic mass is 10.0. The molecule has 0 aliphatic carbocycles. The van der Waals surface area contributed by atoms with Crippen molar-refractivity contribution < 1.29 is 19.3 Å². The maximum absolute atomic E-state index is 13.6. The minimum atomic E-state index is -0.985. The first-order valence-corrected chi connectivity index (χ1v) is 9.59.